The van der Waals surface area contributed by atoms with Crippen LogP contribution in [0.25, 0.3) is 0 Å². The van der Waals surface area contributed by atoms with Crippen molar-refractivity contribution in [3.63, 3.8) is 0 Å². The van der Waals surface area contributed by atoms with Gasteiger partial charge in [-0.1, -0.05) is 23.2 Å². The number of carbonyl (C=O) groups excluding carboxylic acids is 1. The Hall–Kier alpha value is -2.09. The molecule has 1 fully saturated rings. The van der Waals surface area contributed by atoms with E-state index in [0.717, 1.165) is 31.4 Å². The predicted molar refractivity (Wildman–Crippen MR) is 78.5 cm³/mol. The van der Waals surface area contributed by atoms with Crippen LogP contribution < -0.4 is 5.32 Å². The van der Waals surface area contributed by atoms with E-state index in [1.54, 1.807) is 0 Å². The monoisotopic (exact) mass is 359 g/mol. The first kappa shape index (κ1) is 16.8. The number of nitrogens with one attached hydrogen (secondary N) is 1. The highest BCUT2D eigenvalue weighted by Gasteiger charge is 2.31. The average molecular weight is 360 g/mol. The van der Waals surface area contributed by atoms with Crippen molar-refractivity contribution >= 4 is 17.5 Å². The quantitative estimate of drug-likeness (QED) is 0.897. The molecule has 128 valence electrons. The van der Waals surface area contributed by atoms with Crippen LogP contribution in [0.2, 0.25) is 5.02 Å². The number of nitrogens with zero attached hydrogens (tertiary/aromatic N) is 2. The van der Waals surface area contributed by atoms with E-state index in [4.69, 9.17) is 16.1 Å². The molecule has 1 aromatic heterocycles. The Morgan fingerprint density at radius 1 is 1.38 bits per heavy atom. The summed E-state index contributed by atoms with van der Waals surface area (Å²) in [5.41, 5.74) is -1.20. The Morgan fingerprint density at radius 3 is 2.75 bits per heavy atom. The van der Waals surface area contributed by atoms with Crippen LogP contribution in [0.4, 0.5) is 13.2 Å². The number of alkyl halides is 3. The highest BCUT2D eigenvalue weighted by atomic mass is 35.5. The fraction of sp³-hybridized carbons (Fsp3) is 0.400. The lowest BCUT2D eigenvalue weighted by Gasteiger charge is -2.20. The molecule has 1 aliphatic carbocycles. The molecule has 5 nitrogen and oxygen atoms in total. The largest absolute Gasteiger partial charge is 0.416 e. The molecule has 1 saturated carbocycles. The van der Waals surface area contributed by atoms with E-state index in [9.17, 15) is 18.0 Å². The van der Waals surface area contributed by atoms with E-state index in [-0.39, 0.29) is 28.9 Å². The summed E-state index contributed by atoms with van der Waals surface area (Å²) in [7, 11) is 0. The van der Waals surface area contributed by atoms with Crippen molar-refractivity contribution in [1.29, 1.82) is 0 Å². The van der Waals surface area contributed by atoms with Gasteiger partial charge >= 0.3 is 6.18 Å². The minimum atomic E-state index is -4.55. The number of amides is 1. The van der Waals surface area contributed by atoms with Gasteiger partial charge in [-0.15, -0.1) is 0 Å². The van der Waals surface area contributed by atoms with E-state index >= 15 is 0 Å². The predicted octanol–water partition coefficient (Wildman–Crippen LogP) is 3.94. The SMILES string of the molecule is O=C(NCc1noc(C2CCC2)n1)c1cc(C(F)(F)F)ccc1Cl. The first-order chi connectivity index (χ1) is 11.3. The molecule has 9 heteroatoms. The normalized spacial score (nSPS) is 15.2. The van der Waals surface area contributed by atoms with Crippen LogP contribution in [0.15, 0.2) is 22.7 Å². The van der Waals surface area contributed by atoms with Crippen LogP contribution in [0, 0.1) is 0 Å². The van der Waals surface area contributed by atoms with Crippen molar-refractivity contribution in [1.82, 2.24) is 15.5 Å². The van der Waals surface area contributed by atoms with Gasteiger partial charge in [0.05, 0.1) is 22.7 Å². The van der Waals surface area contributed by atoms with Gasteiger partial charge in [-0.05, 0) is 31.0 Å². The molecule has 3 rings (SSSR count). The Labute approximate surface area is 140 Å². The molecule has 0 unspecified atom stereocenters. The number of halogens is 4. The minimum absolute atomic E-state index is 0.0539. The number of benzene rings is 1. The second-order valence-electron chi connectivity index (χ2n) is 5.55. The smallest absolute Gasteiger partial charge is 0.345 e. The van der Waals surface area contributed by atoms with E-state index in [2.05, 4.69) is 15.5 Å². The first-order valence-corrected chi connectivity index (χ1v) is 7.70. The summed E-state index contributed by atoms with van der Waals surface area (Å²) in [5, 5.41) is 6.13. The summed E-state index contributed by atoms with van der Waals surface area (Å²) in [6.07, 6.45) is -1.44. The van der Waals surface area contributed by atoms with Gasteiger partial charge in [0.25, 0.3) is 5.91 Å². The Bertz CT molecular complexity index is 757. The minimum Gasteiger partial charge on any atom is -0.345 e. The maximum Gasteiger partial charge on any atom is 0.416 e. The topological polar surface area (TPSA) is 68.0 Å². The summed E-state index contributed by atoms with van der Waals surface area (Å²) in [6, 6.07) is 2.58. The third-order valence-corrected chi connectivity index (χ3v) is 4.21. The highest BCUT2D eigenvalue weighted by Crippen LogP contribution is 2.35. The standard InChI is InChI=1S/C15H13ClF3N3O2/c16-11-5-4-9(15(17,18)19)6-10(11)13(23)20-7-12-21-14(24-22-12)8-2-1-3-8/h4-6,8H,1-3,7H2,(H,20,23). The molecule has 0 atom stereocenters. The molecule has 0 radical (unpaired) electrons. The average Bonchev–Trinajstić information content (AvgIpc) is 2.90. The van der Waals surface area contributed by atoms with Gasteiger partial charge < -0.3 is 9.84 Å². The van der Waals surface area contributed by atoms with Crippen molar-refractivity contribution in [2.24, 2.45) is 0 Å². The summed E-state index contributed by atoms with van der Waals surface area (Å²) >= 11 is 5.82. The zero-order valence-electron chi connectivity index (χ0n) is 12.4. The second kappa shape index (κ2) is 6.43. The summed E-state index contributed by atoms with van der Waals surface area (Å²) in [5.74, 6) is 0.330. The van der Waals surface area contributed by atoms with Crippen molar-refractivity contribution in [3.05, 3.63) is 46.1 Å². The van der Waals surface area contributed by atoms with Crippen molar-refractivity contribution in [2.75, 3.05) is 0 Å². The van der Waals surface area contributed by atoms with E-state index < -0.39 is 17.6 Å². The van der Waals surface area contributed by atoms with Crippen molar-refractivity contribution < 1.29 is 22.5 Å². The molecule has 0 aliphatic heterocycles. The molecule has 1 amide bonds. The van der Waals surface area contributed by atoms with E-state index in [1.807, 2.05) is 0 Å². The third kappa shape index (κ3) is 3.53. The maximum absolute atomic E-state index is 12.7. The van der Waals surface area contributed by atoms with Crippen molar-refractivity contribution in [3.8, 4) is 0 Å². The number of hydrogen-bond acceptors (Lipinski definition) is 4. The molecule has 24 heavy (non-hydrogen) atoms. The van der Waals surface area contributed by atoms with Crippen LogP contribution in [0.5, 0.6) is 0 Å². The molecule has 0 bridgehead atoms. The lowest BCUT2D eigenvalue weighted by molar-refractivity contribution is -0.137. The Morgan fingerprint density at radius 2 is 2.12 bits per heavy atom. The molecule has 0 spiro atoms. The maximum atomic E-state index is 12.7. The number of carbonyl (C=O) groups is 1. The number of hydrogen-bond donors (Lipinski definition) is 1. The molecule has 1 aromatic carbocycles. The highest BCUT2D eigenvalue weighted by molar-refractivity contribution is 6.33. The Balaban J connectivity index is 1.67. The number of aromatic nitrogens is 2. The van der Waals surface area contributed by atoms with Crippen LogP contribution >= 0.6 is 11.6 Å². The number of rotatable bonds is 4. The van der Waals surface area contributed by atoms with Gasteiger partial charge in [0, 0.05) is 5.92 Å². The zero-order valence-corrected chi connectivity index (χ0v) is 13.1. The van der Waals surface area contributed by atoms with Gasteiger partial charge in [-0.25, -0.2) is 0 Å². The lowest BCUT2D eigenvalue weighted by Crippen LogP contribution is -2.24. The molecule has 1 N–H and O–H groups in total. The van der Waals surface area contributed by atoms with Gasteiger partial charge in [0.1, 0.15) is 0 Å². The van der Waals surface area contributed by atoms with E-state index in [1.165, 1.54) is 0 Å². The van der Waals surface area contributed by atoms with E-state index in [0.29, 0.717) is 12.0 Å². The van der Waals surface area contributed by atoms with Gasteiger partial charge in [0.2, 0.25) is 5.89 Å². The van der Waals surface area contributed by atoms with Gasteiger partial charge in [-0.2, -0.15) is 18.2 Å². The third-order valence-electron chi connectivity index (χ3n) is 3.88. The lowest BCUT2D eigenvalue weighted by atomic mass is 9.85. The van der Waals surface area contributed by atoms with Crippen LogP contribution in [0.3, 0.4) is 0 Å². The zero-order chi connectivity index (χ0) is 17.3. The first-order valence-electron chi connectivity index (χ1n) is 7.32. The van der Waals surface area contributed by atoms with Gasteiger partial charge in [-0.3, -0.25) is 4.79 Å². The second-order valence-corrected chi connectivity index (χ2v) is 5.96. The van der Waals surface area contributed by atoms with Gasteiger partial charge in [0.15, 0.2) is 5.82 Å². The van der Waals surface area contributed by atoms with Crippen LogP contribution in [-0.4, -0.2) is 16.0 Å². The molecule has 1 aliphatic rings. The molecule has 1 heterocycles. The molecule has 0 saturated heterocycles. The molecule has 2 aromatic rings. The van der Waals surface area contributed by atoms with Crippen LogP contribution in [-0.2, 0) is 12.7 Å². The summed E-state index contributed by atoms with van der Waals surface area (Å²) < 4.78 is 43.3. The van der Waals surface area contributed by atoms with Crippen molar-refractivity contribution in [2.45, 2.75) is 37.9 Å². The summed E-state index contributed by atoms with van der Waals surface area (Å²) in [6.45, 7) is -0.0539. The fourth-order valence-electron chi connectivity index (χ4n) is 2.29. The van der Waals surface area contributed by atoms with Crippen LogP contribution in [0.1, 0.15) is 52.8 Å². The Kier molecular flexibility index (Phi) is 4.49. The molecular formula is C15H13ClF3N3O2. The fourth-order valence-corrected chi connectivity index (χ4v) is 2.49. The molecular weight excluding hydrogens is 347 g/mol. The summed E-state index contributed by atoms with van der Waals surface area (Å²) in [4.78, 5) is 16.2.